The van der Waals surface area contributed by atoms with Gasteiger partial charge in [-0.25, -0.2) is 0 Å². The van der Waals surface area contributed by atoms with E-state index >= 15 is 0 Å². The smallest absolute Gasteiger partial charge is 0.234 e. The van der Waals surface area contributed by atoms with Crippen LogP contribution in [0.15, 0.2) is 11.3 Å². The molecule has 0 aromatic heterocycles. The second-order valence-corrected chi connectivity index (χ2v) is 9.70. The SMILES string of the molecule is COC1=C(C(C)C)C(=O)[C@]23O[C@@]2(C1=O)[C@@]1(C)CC[C@H](O)C(C)(C)[C@@H]1CC3=O. The van der Waals surface area contributed by atoms with Crippen LogP contribution < -0.4 is 0 Å². The Balaban J connectivity index is 1.96. The number of methoxy groups -OCH3 is 1. The van der Waals surface area contributed by atoms with E-state index in [1.54, 1.807) is 0 Å². The zero-order chi connectivity index (χ0) is 20.2. The minimum atomic E-state index is -1.70. The Morgan fingerprint density at radius 3 is 2.33 bits per heavy atom. The molecule has 3 fully saturated rings. The highest BCUT2D eigenvalue weighted by Gasteiger charge is 2.93. The molecule has 6 nitrogen and oxygen atoms in total. The molecule has 27 heavy (non-hydrogen) atoms. The van der Waals surface area contributed by atoms with Crippen LogP contribution in [0.2, 0.25) is 0 Å². The minimum Gasteiger partial charge on any atom is -0.492 e. The zero-order valence-electron chi connectivity index (χ0n) is 16.8. The quantitative estimate of drug-likeness (QED) is 0.585. The lowest BCUT2D eigenvalue weighted by atomic mass is 9.43. The molecular weight excluding hydrogens is 348 g/mol. The van der Waals surface area contributed by atoms with E-state index in [2.05, 4.69) is 0 Å². The molecule has 148 valence electrons. The van der Waals surface area contributed by atoms with E-state index < -0.39 is 33.9 Å². The number of hydrogen-bond donors (Lipinski definition) is 1. The van der Waals surface area contributed by atoms with E-state index in [1.165, 1.54) is 7.11 Å². The van der Waals surface area contributed by atoms with Crippen molar-refractivity contribution < 1.29 is 29.0 Å². The van der Waals surface area contributed by atoms with Crippen LogP contribution in [0.5, 0.6) is 0 Å². The molecule has 0 aromatic rings. The van der Waals surface area contributed by atoms with Gasteiger partial charge >= 0.3 is 0 Å². The fourth-order valence-corrected chi connectivity index (χ4v) is 6.35. The third kappa shape index (κ3) is 1.73. The van der Waals surface area contributed by atoms with Gasteiger partial charge in [-0.05, 0) is 30.1 Å². The van der Waals surface area contributed by atoms with Crippen molar-refractivity contribution in [1.82, 2.24) is 0 Å². The third-order valence-corrected chi connectivity index (χ3v) is 7.93. The first-order chi connectivity index (χ1) is 12.4. The summed E-state index contributed by atoms with van der Waals surface area (Å²) in [5, 5.41) is 10.6. The topological polar surface area (TPSA) is 93.2 Å². The van der Waals surface area contributed by atoms with Gasteiger partial charge in [-0.15, -0.1) is 0 Å². The van der Waals surface area contributed by atoms with Gasteiger partial charge in [0.25, 0.3) is 0 Å². The van der Waals surface area contributed by atoms with Gasteiger partial charge < -0.3 is 14.6 Å². The predicted octanol–water partition coefficient (Wildman–Crippen LogP) is 1.98. The number of ketones is 3. The van der Waals surface area contributed by atoms with Gasteiger partial charge in [-0.1, -0.05) is 34.6 Å². The fraction of sp³-hybridized carbons (Fsp3) is 0.762. The number of aliphatic hydroxyl groups excluding tert-OH is 1. The molecule has 4 rings (SSSR count). The van der Waals surface area contributed by atoms with Crippen LogP contribution in [0.4, 0.5) is 0 Å². The van der Waals surface area contributed by atoms with Crippen molar-refractivity contribution in [1.29, 1.82) is 0 Å². The maximum absolute atomic E-state index is 13.6. The molecule has 0 spiro atoms. The summed E-state index contributed by atoms with van der Waals surface area (Å²) in [7, 11) is 1.38. The Kier molecular flexibility index (Phi) is 3.55. The van der Waals surface area contributed by atoms with Gasteiger partial charge in [0.1, 0.15) is 0 Å². The second kappa shape index (κ2) is 5.09. The molecule has 3 aliphatic carbocycles. The second-order valence-electron chi connectivity index (χ2n) is 9.70. The Labute approximate surface area is 159 Å². The van der Waals surface area contributed by atoms with Crippen LogP contribution in [0.1, 0.15) is 53.9 Å². The number of carbonyl (C=O) groups excluding carboxylic acids is 3. The van der Waals surface area contributed by atoms with E-state index in [0.717, 1.165) is 0 Å². The van der Waals surface area contributed by atoms with Crippen molar-refractivity contribution in [3.8, 4) is 0 Å². The van der Waals surface area contributed by atoms with Gasteiger partial charge in [0.15, 0.2) is 17.1 Å². The number of epoxide rings is 1. The normalized spacial score (nSPS) is 45.4. The van der Waals surface area contributed by atoms with Crippen LogP contribution in [-0.4, -0.2) is 46.9 Å². The van der Waals surface area contributed by atoms with Crippen molar-refractivity contribution in [2.75, 3.05) is 7.11 Å². The predicted molar refractivity (Wildman–Crippen MR) is 95.7 cm³/mol. The molecule has 0 aromatic carbocycles. The summed E-state index contributed by atoms with van der Waals surface area (Å²) >= 11 is 0. The van der Waals surface area contributed by atoms with E-state index in [0.29, 0.717) is 12.8 Å². The molecule has 1 aliphatic heterocycles. The summed E-state index contributed by atoms with van der Waals surface area (Å²) in [6.07, 6.45) is 0.586. The highest BCUT2D eigenvalue weighted by Crippen LogP contribution is 2.74. The Morgan fingerprint density at radius 1 is 1.15 bits per heavy atom. The van der Waals surface area contributed by atoms with E-state index in [9.17, 15) is 19.5 Å². The van der Waals surface area contributed by atoms with Gasteiger partial charge in [0.2, 0.25) is 17.2 Å². The fourth-order valence-electron chi connectivity index (χ4n) is 6.35. The number of fused-ring (bicyclic) bond motifs is 1. The number of aliphatic hydroxyl groups is 1. The largest absolute Gasteiger partial charge is 0.492 e. The molecule has 1 N–H and O–H groups in total. The number of rotatable bonds is 2. The van der Waals surface area contributed by atoms with Crippen molar-refractivity contribution in [3.05, 3.63) is 11.3 Å². The van der Waals surface area contributed by atoms with Crippen molar-refractivity contribution >= 4 is 17.3 Å². The zero-order valence-corrected chi connectivity index (χ0v) is 16.8. The monoisotopic (exact) mass is 376 g/mol. The van der Waals surface area contributed by atoms with Crippen molar-refractivity contribution in [2.45, 2.75) is 71.2 Å². The third-order valence-electron chi connectivity index (χ3n) is 7.93. The number of ether oxygens (including phenoxy) is 2. The summed E-state index contributed by atoms with van der Waals surface area (Å²) < 4.78 is 11.4. The highest BCUT2D eigenvalue weighted by molar-refractivity contribution is 6.33. The van der Waals surface area contributed by atoms with Crippen LogP contribution in [0.3, 0.4) is 0 Å². The molecule has 5 atom stereocenters. The Morgan fingerprint density at radius 2 is 1.78 bits per heavy atom. The van der Waals surface area contributed by atoms with Gasteiger partial charge in [-0.3, -0.25) is 14.4 Å². The van der Waals surface area contributed by atoms with Crippen LogP contribution >= 0.6 is 0 Å². The summed E-state index contributed by atoms with van der Waals surface area (Å²) in [4.78, 5) is 40.3. The van der Waals surface area contributed by atoms with Gasteiger partial charge in [-0.2, -0.15) is 0 Å². The summed E-state index contributed by atoms with van der Waals surface area (Å²) in [5.41, 5.74) is -4.23. The lowest BCUT2D eigenvalue weighted by molar-refractivity contribution is -0.162. The lowest BCUT2D eigenvalue weighted by Gasteiger charge is -2.57. The number of hydrogen-bond acceptors (Lipinski definition) is 6. The lowest BCUT2D eigenvalue weighted by Crippen LogP contribution is -2.68. The molecule has 0 radical (unpaired) electrons. The summed E-state index contributed by atoms with van der Waals surface area (Å²) in [6.45, 7) is 9.42. The van der Waals surface area contributed by atoms with Crippen LogP contribution in [-0.2, 0) is 23.9 Å². The Bertz CT molecular complexity index is 807. The van der Waals surface area contributed by atoms with Gasteiger partial charge in [0, 0.05) is 17.4 Å². The summed E-state index contributed by atoms with van der Waals surface area (Å²) in [5.74, 6) is -1.62. The molecule has 0 amide bonds. The molecule has 6 heteroatoms. The molecule has 4 aliphatic rings. The molecule has 2 saturated carbocycles. The first kappa shape index (κ1) is 18.8. The Hall–Kier alpha value is -1.53. The molecular formula is C21H28O6. The number of carbonyl (C=O) groups is 3. The highest BCUT2D eigenvalue weighted by atomic mass is 16.7. The number of Topliss-reactive ketones (excluding diaryl/α,β-unsaturated/α-hetero) is 3. The minimum absolute atomic E-state index is 0.0294. The summed E-state index contributed by atoms with van der Waals surface area (Å²) in [6, 6.07) is 0. The average molecular weight is 376 g/mol. The van der Waals surface area contributed by atoms with Gasteiger partial charge in [0.05, 0.1) is 13.2 Å². The van der Waals surface area contributed by atoms with Crippen LogP contribution in [0, 0.1) is 22.7 Å². The first-order valence-corrected chi connectivity index (χ1v) is 9.72. The van der Waals surface area contributed by atoms with Crippen molar-refractivity contribution in [2.24, 2.45) is 22.7 Å². The van der Waals surface area contributed by atoms with Crippen LogP contribution in [0.25, 0.3) is 0 Å². The average Bonchev–Trinajstić information content (AvgIpc) is 3.32. The molecule has 0 unspecified atom stereocenters. The van der Waals surface area contributed by atoms with E-state index in [1.807, 2.05) is 34.6 Å². The molecule has 1 heterocycles. The molecule has 1 saturated heterocycles. The first-order valence-electron chi connectivity index (χ1n) is 9.72. The standard InChI is InChI=1S/C21H28O6/c1-10(2)14-15(26-6)17(25)21-19(5)8-7-12(22)18(3,4)11(19)9-13(23)20(21,27-21)16(14)24/h10-12,22H,7-9H2,1-6H3/t11-,12-,19-,20-,21-/m0/s1. The van der Waals surface area contributed by atoms with E-state index in [4.69, 9.17) is 9.47 Å². The molecule has 0 bridgehead atoms. The van der Waals surface area contributed by atoms with Crippen molar-refractivity contribution in [3.63, 3.8) is 0 Å². The van der Waals surface area contributed by atoms with E-state index in [-0.39, 0.29) is 41.2 Å². The maximum atomic E-state index is 13.6. The maximum Gasteiger partial charge on any atom is 0.234 e.